The minimum atomic E-state index is -3.54. The van der Waals surface area contributed by atoms with Crippen molar-refractivity contribution < 1.29 is 13.2 Å². The molecule has 1 aromatic carbocycles. The van der Waals surface area contributed by atoms with Gasteiger partial charge in [0.15, 0.2) is 0 Å². The number of nitrogens with zero attached hydrogens (tertiary/aromatic N) is 2. The van der Waals surface area contributed by atoms with E-state index in [1.54, 1.807) is 24.3 Å². The van der Waals surface area contributed by atoms with Crippen LogP contribution in [0.5, 0.6) is 0 Å². The number of piperidine rings is 1. The van der Waals surface area contributed by atoms with E-state index >= 15 is 0 Å². The molecule has 2 N–H and O–H groups in total. The Morgan fingerprint density at radius 2 is 1.83 bits per heavy atom. The summed E-state index contributed by atoms with van der Waals surface area (Å²) in [5, 5.41) is 0. The molecule has 0 radical (unpaired) electrons. The molecule has 0 aliphatic carbocycles. The van der Waals surface area contributed by atoms with Crippen molar-refractivity contribution in [2.45, 2.75) is 24.2 Å². The van der Waals surface area contributed by atoms with Crippen LogP contribution in [0.2, 0.25) is 0 Å². The Morgan fingerprint density at radius 1 is 1.17 bits per heavy atom. The molecule has 1 atom stereocenters. The minimum absolute atomic E-state index is 0.00479. The van der Waals surface area contributed by atoms with Gasteiger partial charge in [0.1, 0.15) is 0 Å². The molecule has 1 unspecified atom stereocenters. The molecule has 0 saturated carbocycles. The maximum Gasteiger partial charge on any atom is 0.243 e. The predicted octanol–water partition coefficient (Wildman–Crippen LogP) is 1.75. The fourth-order valence-corrected chi connectivity index (χ4v) is 4.70. The van der Waals surface area contributed by atoms with Crippen molar-refractivity contribution in [2.24, 2.45) is 11.7 Å². The van der Waals surface area contributed by atoms with Crippen LogP contribution < -0.4 is 5.73 Å². The SMILES string of the molecule is NC(=O)CC1CCCN(S(=O)(=O)c2ccc(-n3cccc3)cc2)C1. The van der Waals surface area contributed by atoms with Gasteiger partial charge in [0, 0.05) is 37.6 Å². The number of rotatable bonds is 5. The molecule has 0 bridgehead atoms. The Hall–Kier alpha value is -2.12. The highest BCUT2D eigenvalue weighted by Crippen LogP contribution is 2.26. The van der Waals surface area contributed by atoms with E-state index in [9.17, 15) is 13.2 Å². The molecule has 2 aromatic rings. The van der Waals surface area contributed by atoms with Crippen LogP contribution in [-0.2, 0) is 14.8 Å². The number of carbonyl (C=O) groups excluding carboxylic acids is 1. The highest BCUT2D eigenvalue weighted by molar-refractivity contribution is 7.89. The van der Waals surface area contributed by atoms with Crippen molar-refractivity contribution in [1.29, 1.82) is 0 Å². The number of aromatic nitrogens is 1. The van der Waals surface area contributed by atoms with E-state index in [-0.39, 0.29) is 23.1 Å². The molecule has 1 aliphatic rings. The van der Waals surface area contributed by atoms with Crippen molar-refractivity contribution in [1.82, 2.24) is 8.87 Å². The predicted molar refractivity (Wildman–Crippen MR) is 91.1 cm³/mol. The van der Waals surface area contributed by atoms with Gasteiger partial charge in [-0.25, -0.2) is 8.42 Å². The van der Waals surface area contributed by atoms with Crippen LogP contribution in [0.1, 0.15) is 19.3 Å². The van der Waals surface area contributed by atoms with E-state index in [1.165, 1.54) is 4.31 Å². The number of sulfonamides is 1. The Bertz CT molecular complexity index is 798. The van der Waals surface area contributed by atoms with Gasteiger partial charge in [-0.3, -0.25) is 4.79 Å². The third-order valence-electron chi connectivity index (χ3n) is 4.35. The second kappa shape index (κ2) is 6.78. The zero-order chi connectivity index (χ0) is 17.2. The molecular weight excluding hydrogens is 326 g/mol. The fourth-order valence-electron chi connectivity index (χ4n) is 3.14. The quantitative estimate of drug-likeness (QED) is 0.894. The summed E-state index contributed by atoms with van der Waals surface area (Å²) in [4.78, 5) is 11.4. The molecule has 0 spiro atoms. The molecular formula is C17H21N3O3S. The molecule has 7 heteroatoms. The highest BCUT2D eigenvalue weighted by atomic mass is 32.2. The molecule has 1 aromatic heterocycles. The van der Waals surface area contributed by atoms with Crippen molar-refractivity contribution in [3.63, 3.8) is 0 Å². The van der Waals surface area contributed by atoms with Gasteiger partial charge < -0.3 is 10.3 Å². The standard InChI is InChI=1S/C17H21N3O3S/c18-17(21)12-14-4-3-11-20(13-14)24(22,23)16-7-5-15(6-8-16)19-9-1-2-10-19/h1-2,5-10,14H,3-4,11-13H2,(H2,18,21). The monoisotopic (exact) mass is 347 g/mol. The summed E-state index contributed by atoms with van der Waals surface area (Å²) in [7, 11) is -3.54. The van der Waals surface area contributed by atoms with Crippen molar-refractivity contribution in [2.75, 3.05) is 13.1 Å². The first-order chi connectivity index (χ1) is 11.5. The minimum Gasteiger partial charge on any atom is -0.370 e. The van der Waals surface area contributed by atoms with Gasteiger partial charge in [-0.05, 0) is 55.2 Å². The molecule has 1 fully saturated rings. The molecule has 1 amide bonds. The second-order valence-electron chi connectivity index (χ2n) is 6.13. The molecule has 6 nitrogen and oxygen atoms in total. The van der Waals surface area contributed by atoms with Crippen LogP contribution >= 0.6 is 0 Å². The van der Waals surface area contributed by atoms with E-state index in [4.69, 9.17) is 5.73 Å². The van der Waals surface area contributed by atoms with Gasteiger partial charge in [0.2, 0.25) is 15.9 Å². The summed E-state index contributed by atoms with van der Waals surface area (Å²) in [5.41, 5.74) is 6.15. The van der Waals surface area contributed by atoms with Crippen LogP contribution in [0.4, 0.5) is 0 Å². The number of primary amides is 1. The number of carbonyl (C=O) groups is 1. The average Bonchev–Trinajstić information content (AvgIpc) is 3.09. The number of hydrogen-bond acceptors (Lipinski definition) is 3. The molecule has 1 saturated heterocycles. The first kappa shape index (κ1) is 16.7. The highest BCUT2D eigenvalue weighted by Gasteiger charge is 2.30. The third kappa shape index (κ3) is 3.52. The van der Waals surface area contributed by atoms with Crippen molar-refractivity contribution in [3.05, 3.63) is 48.8 Å². The zero-order valence-electron chi connectivity index (χ0n) is 13.3. The first-order valence-electron chi connectivity index (χ1n) is 7.98. The lowest BCUT2D eigenvalue weighted by atomic mass is 9.96. The molecule has 128 valence electrons. The Kier molecular flexibility index (Phi) is 4.73. The fraction of sp³-hybridized carbons (Fsp3) is 0.353. The number of hydrogen-bond donors (Lipinski definition) is 1. The Morgan fingerprint density at radius 3 is 2.46 bits per heavy atom. The summed E-state index contributed by atoms with van der Waals surface area (Å²) >= 11 is 0. The Balaban J connectivity index is 1.78. The maximum atomic E-state index is 12.8. The van der Waals surface area contributed by atoms with Crippen LogP contribution in [0.3, 0.4) is 0 Å². The number of benzene rings is 1. The third-order valence-corrected chi connectivity index (χ3v) is 6.23. The van der Waals surface area contributed by atoms with Gasteiger partial charge in [0.25, 0.3) is 0 Å². The molecule has 3 rings (SSSR count). The van der Waals surface area contributed by atoms with Crippen LogP contribution in [0.15, 0.2) is 53.7 Å². The lowest BCUT2D eigenvalue weighted by molar-refractivity contribution is -0.119. The van der Waals surface area contributed by atoms with Crippen LogP contribution in [0.25, 0.3) is 5.69 Å². The van der Waals surface area contributed by atoms with Crippen molar-refractivity contribution >= 4 is 15.9 Å². The summed E-state index contributed by atoms with van der Waals surface area (Å²) in [5.74, 6) is -0.375. The topological polar surface area (TPSA) is 85.4 Å². The van der Waals surface area contributed by atoms with Crippen LogP contribution in [0, 0.1) is 5.92 Å². The second-order valence-corrected chi connectivity index (χ2v) is 8.06. The van der Waals surface area contributed by atoms with E-state index in [0.717, 1.165) is 18.5 Å². The Labute approximate surface area is 141 Å². The summed E-state index contributed by atoms with van der Waals surface area (Å²) in [6.07, 6.45) is 5.63. The normalized spacial score (nSPS) is 19.2. The smallest absolute Gasteiger partial charge is 0.243 e. The summed E-state index contributed by atoms with van der Waals surface area (Å²) in [6, 6.07) is 10.7. The van der Waals surface area contributed by atoms with Gasteiger partial charge in [-0.2, -0.15) is 4.31 Å². The van der Waals surface area contributed by atoms with E-state index in [1.807, 2.05) is 29.1 Å². The van der Waals surface area contributed by atoms with Crippen molar-refractivity contribution in [3.8, 4) is 5.69 Å². The largest absolute Gasteiger partial charge is 0.370 e. The lowest BCUT2D eigenvalue weighted by Gasteiger charge is -2.31. The average molecular weight is 347 g/mol. The van der Waals surface area contributed by atoms with Gasteiger partial charge >= 0.3 is 0 Å². The van der Waals surface area contributed by atoms with Gasteiger partial charge in [-0.15, -0.1) is 0 Å². The maximum absolute atomic E-state index is 12.8. The van der Waals surface area contributed by atoms with Crippen LogP contribution in [-0.4, -0.2) is 36.3 Å². The lowest BCUT2D eigenvalue weighted by Crippen LogP contribution is -2.40. The zero-order valence-corrected chi connectivity index (χ0v) is 14.2. The number of nitrogens with two attached hydrogens (primary N) is 1. The molecule has 1 aliphatic heterocycles. The molecule has 24 heavy (non-hydrogen) atoms. The summed E-state index contributed by atoms with van der Waals surface area (Å²) in [6.45, 7) is 0.835. The van der Waals surface area contributed by atoms with E-state index in [2.05, 4.69) is 0 Å². The summed E-state index contributed by atoms with van der Waals surface area (Å²) < 4.78 is 29.0. The molecule has 2 heterocycles. The van der Waals surface area contributed by atoms with E-state index < -0.39 is 10.0 Å². The number of amides is 1. The van der Waals surface area contributed by atoms with Gasteiger partial charge in [0.05, 0.1) is 4.90 Å². The van der Waals surface area contributed by atoms with E-state index in [0.29, 0.717) is 13.1 Å². The van der Waals surface area contributed by atoms with Gasteiger partial charge in [-0.1, -0.05) is 0 Å². The first-order valence-corrected chi connectivity index (χ1v) is 9.43.